The molecule has 0 fully saturated rings. The van der Waals surface area contributed by atoms with Gasteiger partial charge in [-0.1, -0.05) is 0 Å². The number of hydrogen-bond acceptors (Lipinski definition) is 3. The fraction of sp³-hybridized carbons (Fsp3) is 0.857. The van der Waals surface area contributed by atoms with E-state index in [0.717, 1.165) is 0 Å². The zero-order chi connectivity index (χ0) is 12.8. The van der Waals surface area contributed by atoms with E-state index in [1.54, 1.807) is 0 Å². The van der Waals surface area contributed by atoms with Crippen molar-refractivity contribution < 1.29 is 36.6 Å². The molecule has 96 valence electrons. The molecular weight excluding hydrogens is 241 g/mol. The summed E-state index contributed by atoms with van der Waals surface area (Å²) < 4.78 is 62.4. The summed E-state index contributed by atoms with van der Waals surface area (Å²) in [7, 11) is 0. The minimum absolute atomic E-state index is 0.302. The lowest BCUT2D eigenvalue weighted by atomic mass is 10.5. The monoisotopic (exact) mass is 251 g/mol. The lowest BCUT2D eigenvalue weighted by Crippen LogP contribution is -2.39. The summed E-state index contributed by atoms with van der Waals surface area (Å²) in [5.74, 6) is 0. The van der Waals surface area contributed by atoms with E-state index in [2.05, 4.69) is 4.74 Å². The van der Waals surface area contributed by atoms with E-state index >= 15 is 0 Å². The predicted molar refractivity (Wildman–Crippen MR) is 42.1 cm³/mol. The largest absolute Gasteiger partial charge is 0.440 e. The molecule has 0 aromatic rings. The molecule has 0 atom stereocenters. The topological polar surface area (TPSA) is 49.8 Å². The van der Waals surface area contributed by atoms with Crippen molar-refractivity contribution in [3.05, 3.63) is 0 Å². The molecule has 0 radical (unpaired) electrons. The number of alkyl halides is 5. The molecule has 0 aromatic carbocycles. The molecule has 0 aliphatic carbocycles. The van der Waals surface area contributed by atoms with Crippen LogP contribution < -0.4 is 0 Å². The predicted octanol–water partition coefficient (Wildman–Crippen LogP) is 1.24. The van der Waals surface area contributed by atoms with Crippen molar-refractivity contribution in [2.24, 2.45) is 0 Å². The van der Waals surface area contributed by atoms with Crippen LogP contribution in [0.25, 0.3) is 0 Å². The Morgan fingerprint density at radius 2 is 1.94 bits per heavy atom. The van der Waals surface area contributed by atoms with Gasteiger partial charge in [-0.25, -0.2) is 13.6 Å². The van der Waals surface area contributed by atoms with E-state index in [1.165, 1.54) is 0 Å². The van der Waals surface area contributed by atoms with E-state index in [9.17, 15) is 26.7 Å². The number of carbonyl (C=O) groups excluding carboxylic acids is 1. The molecular formula is C7H10F5NO3. The van der Waals surface area contributed by atoms with Gasteiger partial charge >= 0.3 is 12.3 Å². The number of ether oxygens (including phenoxy) is 1. The van der Waals surface area contributed by atoms with Gasteiger partial charge in [0, 0.05) is 6.54 Å². The Hall–Kier alpha value is -1.12. The van der Waals surface area contributed by atoms with Crippen LogP contribution in [-0.4, -0.2) is 55.0 Å². The van der Waals surface area contributed by atoms with Gasteiger partial charge in [0.15, 0.2) is 6.61 Å². The minimum atomic E-state index is -4.72. The zero-order valence-electron chi connectivity index (χ0n) is 8.01. The fourth-order valence-corrected chi connectivity index (χ4v) is 0.779. The Balaban J connectivity index is 4.16. The summed E-state index contributed by atoms with van der Waals surface area (Å²) in [4.78, 5) is 11.2. The van der Waals surface area contributed by atoms with Crippen LogP contribution in [0.5, 0.6) is 0 Å². The van der Waals surface area contributed by atoms with Gasteiger partial charge in [-0.3, -0.25) is 0 Å². The third-order valence-corrected chi connectivity index (χ3v) is 1.35. The molecule has 4 nitrogen and oxygen atoms in total. The molecule has 0 rings (SSSR count). The maximum atomic E-state index is 11.9. The number of carbonyl (C=O) groups is 1. The number of amides is 1. The van der Waals surface area contributed by atoms with Crippen molar-refractivity contribution in [2.45, 2.75) is 12.6 Å². The van der Waals surface area contributed by atoms with Crippen molar-refractivity contribution in [3.63, 3.8) is 0 Å². The van der Waals surface area contributed by atoms with Gasteiger partial charge in [0.05, 0.1) is 13.2 Å². The summed E-state index contributed by atoms with van der Waals surface area (Å²) in [5.41, 5.74) is 0. The summed E-state index contributed by atoms with van der Waals surface area (Å²) in [6.45, 7) is -4.09. The smallest absolute Gasteiger partial charge is 0.422 e. The molecule has 0 saturated carbocycles. The van der Waals surface area contributed by atoms with Gasteiger partial charge in [0.2, 0.25) is 0 Å². The van der Waals surface area contributed by atoms with E-state index in [4.69, 9.17) is 5.11 Å². The number of hydrogen-bond donors (Lipinski definition) is 1. The van der Waals surface area contributed by atoms with Crippen LogP contribution >= 0.6 is 0 Å². The average molecular weight is 251 g/mol. The van der Waals surface area contributed by atoms with Crippen LogP contribution in [0.15, 0.2) is 0 Å². The van der Waals surface area contributed by atoms with Crippen molar-refractivity contribution in [1.82, 2.24) is 4.90 Å². The van der Waals surface area contributed by atoms with Crippen molar-refractivity contribution in [1.29, 1.82) is 0 Å². The van der Waals surface area contributed by atoms with Crippen molar-refractivity contribution in [3.8, 4) is 0 Å². The van der Waals surface area contributed by atoms with Gasteiger partial charge in [-0.05, 0) is 0 Å². The third-order valence-electron chi connectivity index (χ3n) is 1.35. The molecule has 1 amide bonds. The molecule has 1 N–H and O–H groups in total. The molecule has 0 unspecified atom stereocenters. The van der Waals surface area contributed by atoms with Crippen LogP contribution in [-0.2, 0) is 4.74 Å². The third kappa shape index (κ3) is 7.21. The zero-order valence-corrected chi connectivity index (χ0v) is 8.01. The second kappa shape index (κ2) is 6.46. The van der Waals surface area contributed by atoms with E-state index < -0.39 is 45.0 Å². The molecule has 0 heterocycles. The van der Waals surface area contributed by atoms with E-state index in [0.29, 0.717) is 4.90 Å². The highest BCUT2D eigenvalue weighted by Crippen LogP contribution is 2.15. The van der Waals surface area contributed by atoms with Crippen LogP contribution in [0.2, 0.25) is 0 Å². The van der Waals surface area contributed by atoms with Crippen molar-refractivity contribution >= 4 is 6.09 Å². The number of rotatable bonds is 5. The number of nitrogens with zero attached hydrogens (tertiary/aromatic N) is 1. The number of aliphatic hydroxyl groups is 1. The lowest BCUT2D eigenvalue weighted by Gasteiger charge is -2.20. The molecule has 0 saturated heterocycles. The van der Waals surface area contributed by atoms with Crippen molar-refractivity contribution in [2.75, 3.05) is 26.3 Å². The average Bonchev–Trinajstić information content (AvgIpc) is 2.11. The summed E-state index contributed by atoms with van der Waals surface area (Å²) in [6.07, 6.45) is -9.16. The highest BCUT2D eigenvalue weighted by atomic mass is 19.4. The summed E-state index contributed by atoms with van der Waals surface area (Å²) in [6, 6.07) is 0. The maximum Gasteiger partial charge on any atom is 0.422 e. The first-order chi connectivity index (χ1) is 7.26. The SMILES string of the molecule is O=C(OCC(F)(F)F)N(CCO)CC(F)F. The Bertz CT molecular complexity index is 221. The molecule has 0 aromatic heterocycles. The standard InChI is InChI=1S/C7H10F5NO3/c8-5(9)3-13(1-2-14)6(15)16-4-7(10,11)12/h5,14H,1-4H2. The Morgan fingerprint density at radius 3 is 2.31 bits per heavy atom. The van der Waals surface area contributed by atoms with Gasteiger partial charge in [0.25, 0.3) is 6.43 Å². The molecule has 9 heteroatoms. The van der Waals surface area contributed by atoms with Gasteiger partial charge in [0.1, 0.15) is 0 Å². The van der Waals surface area contributed by atoms with Crippen LogP contribution in [0.1, 0.15) is 0 Å². The van der Waals surface area contributed by atoms with E-state index in [-0.39, 0.29) is 0 Å². The Morgan fingerprint density at radius 1 is 1.38 bits per heavy atom. The first-order valence-electron chi connectivity index (χ1n) is 4.13. The maximum absolute atomic E-state index is 11.9. The van der Waals surface area contributed by atoms with Gasteiger partial charge in [-0.2, -0.15) is 13.2 Å². The second-order valence-electron chi connectivity index (χ2n) is 2.73. The minimum Gasteiger partial charge on any atom is -0.440 e. The molecule has 0 aliphatic rings. The number of aliphatic hydroxyl groups excluding tert-OH is 1. The molecule has 0 aliphatic heterocycles. The Labute approximate surface area is 87.6 Å². The molecule has 16 heavy (non-hydrogen) atoms. The quantitative estimate of drug-likeness (QED) is 0.748. The highest BCUT2D eigenvalue weighted by Gasteiger charge is 2.31. The van der Waals surface area contributed by atoms with Gasteiger partial charge in [-0.15, -0.1) is 0 Å². The van der Waals surface area contributed by atoms with E-state index in [1.807, 2.05) is 0 Å². The van der Waals surface area contributed by atoms with Gasteiger partial charge < -0.3 is 14.7 Å². The normalized spacial score (nSPS) is 11.7. The second-order valence-corrected chi connectivity index (χ2v) is 2.73. The Kier molecular flexibility index (Phi) is 6.01. The van der Waals surface area contributed by atoms with Crippen LogP contribution in [0.4, 0.5) is 26.7 Å². The first kappa shape index (κ1) is 14.9. The highest BCUT2D eigenvalue weighted by molar-refractivity contribution is 5.67. The lowest BCUT2D eigenvalue weighted by molar-refractivity contribution is -0.162. The number of halogens is 5. The fourth-order valence-electron chi connectivity index (χ4n) is 0.779. The summed E-state index contributed by atoms with van der Waals surface area (Å²) in [5, 5.41) is 8.41. The molecule has 0 bridgehead atoms. The summed E-state index contributed by atoms with van der Waals surface area (Å²) >= 11 is 0. The van der Waals surface area contributed by atoms with Crippen LogP contribution in [0, 0.1) is 0 Å². The first-order valence-corrected chi connectivity index (χ1v) is 4.13. The molecule has 0 spiro atoms. The van der Waals surface area contributed by atoms with Crippen LogP contribution in [0.3, 0.4) is 0 Å².